The van der Waals surface area contributed by atoms with Crippen LogP contribution in [0.3, 0.4) is 0 Å². The van der Waals surface area contributed by atoms with Crippen LogP contribution in [0.2, 0.25) is 0 Å². The number of benzene rings is 10. The van der Waals surface area contributed by atoms with E-state index in [0.717, 1.165) is 32.3 Å². The van der Waals surface area contributed by atoms with E-state index in [0.29, 0.717) is 55.3 Å². The van der Waals surface area contributed by atoms with Crippen molar-refractivity contribution in [1.82, 2.24) is 0 Å². The molecule has 11 rings (SSSR count). The zero-order valence-electron chi connectivity index (χ0n) is 39.6. The molecular formula is C60H46O10P2. The summed E-state index contributed by atoms with van der Waals surface area (Å²) in [6.45, 7) is 7.14. The first kappa shape index (κ1) is 46.1. The number of carbonyl (C=O) groups excluding carboxylic acids is 2. The van der Waals surface area contributed by atoms with Crippen LogP contribution in [0, 0.1) is 0 Å². The van der Waals surface area contributed by atoms with E-state index < -0.39 is 41.0 Å². The van der Waals surface area contributed by atoms with E-state index in [1.165, 1.54) is 0 Å². The standard InChI is InChI=1S/C60H46O10P2/c1-37(2)63-59(61)49-35-41-21-7-11-27-45(41)55(57(49)69-71(65-51-33-17-23-39-19-5-9-25-43(39)51)66-52-34-18-24-40-20-6-10-26-44(40)52)56-46-28-12-8-22-42(46)36-50(60(62)64-38(3)4)58(56)70-72-67-53-31-15-13-29-47(53)48-30-14-16-32-54(48)68-72/h5-38H,1-4H3. The second kappa shape index (κ2) is 19.8. The van der Waals surface area contributed by atoms with Gasteiger partial charge in [0.2, 0.25) is 0 Å². The van der Waals surface area contributed by atoms with Crippen molar-refractivity contribution >= 4 is 93.8 Å². The molecule has 72 heavy (non-hydrogen) atoms. The third-order valence-corrected chi connectivity index (χ3v) is 14.0. The number of rotatable bonds is 13. The number of ether oxygens (including phenoxy) is 2. The molecule has 0 radical (unpaired) electrons. The first-order chi connectivity index (χ1) is 35.2. The average Bonchev–Trinajstić information content (AvgIpc) is 3.54. The average molecular weight is 989 g/mol. The Kier molecular flexibility index (Phi) is 12.7. The summed E-state index contributed by atoms with van der Waals surface area (Å²) >= 11 is 0. The van der Waals surface area contributed by atoms with Gasteiger partial charge in [-0.05, 0) is 96.4 Å². The molecule has 0 N–H and O–H groups in total. The van der Waals surface area contributed by atoms with Crippen LogP contribution in [0.15, 0.2) is 203 Å². The molecule has 0 spiro atoms. The Balaban J connectivity index is 1.23. The zero-order valence-corrected chi connectivity index (χ0v) is 41.4. The Morgan fingerprint density at radius 3 is 1.26 bits per heavy atom. The number of hydrogen-bond acceptors (Lipinski definition) is 10. The highest BCUT2D eigenvalue weighted by Crippen LogP contribution is 2.55. The molecule has 0 aliphatic carbocycles. The third-order valence-electron chi connectivity index (χ3n) is 12.0. The van der Waals surface area contributed by atoms with Gasteiger partial charge >= 0.3 is 28.8 Å². The largest absolute Gasteiger partial charge is 0.530 e. The molecule has 356 valence electrons. The summed E-state index contributed by atoms with van der Waals surface area (Å²) in [5.74, 6) is -0.199. The van der Waals surface area contributed by atoms with Crippen molar-refractivity contribution in [3.05, 3.63) is 205 Å². The van der Waals surface area contributed by atoms with Crippen LogP contribution in [0.1, 0.15) is 48.4 Å². The van der Waals surface area contributed by atoms with Crippen LogP contribution < -0.4 is 18.1 Å². The monoisotopic (exact) mass is 988 g/mol. The number of fused-ring (bicyclic) bond motifs is 7. The van der Waals surface area contributed by atoms with E-state index in [2.05, 4.69) is 0 Å². The lowest BCUT2D eigenvalue weighted by molar-refractivity contribution is 0.0364. The van der Waals surface area contributed by atoms with Crippen LogP contribution in [0.5, 0.6) is 23.0 Å². The highest BCUT2D eigenvalue weighted by atomic mass is 31.2. The molecule has 10 nitrogen and oxygen atoms in total. The summed E-state index contributed by atoms with van der Waals surface area (Å²) in [6, 6.07) is 61.3. The van der Waals surface area contributed by atoms with Gasteiger partial charge in [0, 0.05) is 32.7 Å². The van der Waals surface area contributed by atoms with Gasteiger partial charge in [0.1, 0.15) is 33.8 Å². The van der Waals surface area contributed by atoms with Crippen molar-refractivity contribution < 1.29 is 45.6 Å². The van der Waals surface area contributed by atoms with Crippen LogP contribution in [0.4, 0.5) is 0 Å². The fourth-order valence-corrected chi connectivity index (χ4v) is 11.1. The molecule has 0 atom stereocenters. The molecule has 0 amide bonds. The predicted molar refractivity (Wildman–Crippen MR) is 287 cm³/mol. The van der Waals surface area contributed by atoms with E-state index in [4.69, 9.17) is 36.0 Å². The maximum absolute atomic E-state index is 14.9. The van der Waals surface area contributed by atoms with Gasteiger partial charge in [0.05, 0.1) is 12.2 Å². The number of carbonyl (C=O) groups is 2. The molecule has 12 heteroatoms. The smallest absolute Gasteiger partial charge is 0.459 e. The van der Waals surface area contributed by atoms with Gasteiger partial charge in [0.15, 0.2) is 11.5 Å². The second-order valence-electron chi connectivity index (χ2n) is 17.5. The lowest BCUT2D eigenvalue weighted by Gasteiger charge is -2.25. The predicted octanol–water partition coefficient (Wildman–Crippen LogP) is 17.3. The normalized spacial score (nSPS) is 11.5. The Bertz CT molecular complexity index is 3770. The van der Waals surface area contributed by atoms with Crippen LogP contribution in [-0.2, 0) is 9.47 Å². The zero-order chi connectivity index (χ0) is 49.3. The topological polar surface area (TPSA) is 116 Å². The van der Waals surface area contributed by atoms with Gasteiger partial charge < -0.3 is 36.0 Å². The number of esters is 2. The quantitative estimate of drug-likeness (QED) is 0.0817. The molecule has 0 unspecified atom stereocenters. The Labute approximate surface area is 416 Å². The molecule has 0 bridgehead atoms. The van der Waals surface area contributed by atoms with Gasteiger partial charge in [-0.1, -0.05) is 158 Å². The van der Waals surface area contributed by atoms with Crippen LogP contribution in [0.25, 0.3) is 76.2 Å². The third kappa shape index (κ3) is 9.14. The molecule has 11 aromatic rings. The fraction of sp³-hybridized carbons (Fsp3) is 0.100. The van der Waals surface area contributed by atoms with Gasteiger partial charge in [0.25, 0.3) is 0 Å². The molecule has 10 aromatic carbocycles. The summed E-state index contributed by atoms with van der Waals surface area (Å²) in [5, 5.41) is 7.79. The van der Waals surface area contributed by atoms with Crippen LogP contribution in [-0.4, -0.2) is 24.1 Å². The second-order valence-corrected chi connectivity index (χ2v) is 19.5. The van der Waals surface area contributed by atoms with Crippen molar-refractivity contribution in [1.29, 1.82) is 0 Å². The molecular weight excluding hydrogens is 943 g/mol. The van der Waals surface area contributed by atoms with E-state index in [9.17, 15) is 9.59 Å². The molecule has 1 heterocycles. The SMILES string of the molecule is CC(C)OC(=O)c1cc2ccccc2c(-c2c(Op3oc4ccccc4c4ccccc4o3)c(C(=O)OC(C)C)cc3ccccc23)c1OP(Oc1cccc2ccccc12)Oc1cccc2ccccc12. The van der Waals surface area contributed by atoms with Gasteiger partial charge in [-0.2, -0.15) is 0 Å². The summed E-state index contributed by atoms with van der Waals surface area (Å²) < 4.78 is 53.7. The lowest BCUT2D eigenvalue weighted by atomic mass is 9.88. The summed E-state index contributed by atoms with van der Waals surface area (Å²) in [6.07, 6.45) is -1.00. The van der Waals surface area contributed by atoms with Crippen LogP contribution >= 0.6 is 16.8 Å². The van der Waals surface area contributed by atoms with E-state index in [1.807, 2.05) is 182 Å². The van der Waals surface area contributed by atoms with Crippen molar-refractivity contribution in [2.45, 2.75) is 39.9 Å². The first-order valence-corrected chi connectivity index (χ1v) is 25.7. The molecule has 0 fully saturated rings. The van der Waals surface area contributed by atoms with Gasteiger partial charge in [-0.15, -0.1) is 0 Å². The molecule has 0 aliphatic rings. The van der Waals surface area contributed by atoms with E-state index in [-0.39, 0.29) is 22.6 Å². The van der Waals surface area contributed by atoms with E-state index in [1.54, 1.807) is 39.8 Å². The van der Waals surface area contributed by atoms with Crippen molar-refractivity contribution in [3.63, 3.8) is 0 Å². The lowest BCUT2D eigenvalue weighted by Crippen LogP contribution is -2.15. The summed E-state index contributed by atoms with van der Waals surface area (Å²) in [7, 11) is -4.87. The minimum Gasteiger partial charge on any atom is -0.459 e. The van der Waals surface area contributed by atoms with Crippen molar-refractivity contribution in [3.8, 4) is 34.1 Å². The Morgan fingerprint density at radius 2 is 0.792 bits per heavy atom. The van der Waals surface area contributed by atoms with Crippen molar-refractivity contribution in [2.75, 3.05) is 0 Å². The summed E-state index contributed by atoms with van der Waals surface area (Å²) in [4.78, 5) is 29.6. The highest BCUT2D eigenvalue weighted by molar-refractivity contribution is 7.43. The first-order valence-electron chi connectivity index (χ1n) is 23.5. The highest BCUT2D eigenvalue weighted by Gasteiger charge is 2.34. The van der Waals surface area contributed by atoms with Crippen molar-refractivity contribution in [2.24, 2.45) is 0 Å². The number of hydrogen-bond donors (Lipinski definition) is 0. The van der Waals surface area contributed by atoms with Gasteiger partial charge in [-0.3, -0.25) is 0 Å². The van der Waals surface area contributed by atoms with E-state index >= 15 is 0 Å². The Morgan fingerprint density at radius 1 is 0.417 bits per heavy atom. The molecule has 0 saturated heterocycles. The minimum atomic E-state index is -2.51. The molecule has 1 aromatic heterocycles. The molecule has 0 saturated carbocycles. The molecule has 0 aliphatic heterocycles. The minimum absolute atomic E-state index is 0.0569. The summed E-state index contributed by atoms with van der Waals surface area (Å²) in [5.41, 5.74) is 1.99. The maximum Gasteiger partial charge on any atom is 0.530 e. The Hall–Kier alpha value is -8.29. The van der Waals surface area contributed by atoms with Gasteiger partial charge in [-0.25, -0.2) is 9.59 Å². The number of para-hydroxylation sites is 2. The fourth-order valence-electron chi connectivity index (χ4n) is 8.87. The maximum atomic E-state index is 14.9.